The lowest BCUT2D eigenvalue weighted by Crippen LogP contribution is -2.03. The first kappa shape index (κ1) is 14.3. The molecule has 0 amide bonds. The zero-order valence-corrected chi connectivity index (χ0v) is 12.4. The highest BCUT2D eigenvalue weighted by Gasteiger charge is 2.10. The predicted molar refractivity (Wildman–Crippen MR) is 77.6 cm³/mol. The first-order valence-corrected chi connectivity index (χ1v) is 6.78. The molecule has 0 unspecified atom stereocenters. The van der Waals surface area contributed by atoms with E-state index in [1.165, 1.54) is 6.07 Å². The summed E-state index contributed by atoms with van der Waals surface area (Å²) >= 11 is 9.22. The van der Waals surface area contributed by atoms with Gasteiger partial charge in [0.05, 0.1) is 5.69 Å². The van der Waals surface area contributed by atoms with Crippen LogP contribution in [0, 0.1) is 18.6 Å². The van der Waals surface area contributed by atoms with Gasteiger partial charge in [0, 0.05) is 22.1 Å². The van der Waals surface area contributed by atoms with Gasteiger partial charge in [0.2, 0.25) is 0 Å². The number of benzene rings is 2. The van der Waals surface area contributed by atoms with Crippen LogP contribution < -0.4 is 5.32 Å². The van der Waals surface area contributed by atoms with Gasteiger partial charge in [0.1, 0.15) is 11.6 Å². The monoisotopic (exact) mass is 345 g/mol. The van der Waals surface area contributed by atoms with Crippen molar-refractivity contribution in [3.63, 3.8) is 0 Å². The van der Waals surface area contributed by atoms with E-state index in [4.69, 9.17) is 11.6 Å². The fraction of sp³-hybridized carbons (Fsp3) is 0.143. The molecule has 0 saturated carbocycles. The molecular weight excluding hydrogens is 336 g/mol. The van der Waals surface area contributed by atoms with Crippen molar-refractivity contribution < 1.29 is 8.78 Å². The van der Waals surface area contributed by atoms with Gasteiger partial charge < -0.3 is 5.32 Å². The fourth-order valence-corrected chi connectivity index (χ4v) is 2.54. The van der Waals surface area contributed by atoms with Crippen molar-refractivity contribution in [2.75, 3.05) is 5.32 Å². The molecule has 19 heavy (non-hydrogen) atoms. The van der Waals surface area contributed by atoms with Crippen molar-refractivity contribution in [2.45, 2.75) is 13.5 Å². The molecule has 0 aliphatic rings. The number of hydrogen-bond donors (Lipinski definition) is 1. The molecule has 0 fully saturated rings. The molecule has 0 spiro atoms. The first-order valence-electron chi connectivity index (χ1n) is 5.61. The molecule has 2 aromatic carbocycles. The van der Waals surface area contributed by atoms with E-state index in [1.807, 2.05) is 25.1 Å². The van der Waals surface area contributed by atoms with Gasteiger partial charge in [-0.3, -0.25) is 0 Å². The minimum absolute atomic E-state index is 0.220. The Balaban J connectivity index is 2.19. The smallest absolute Gasteiger partial charge is 0.150 e. The Hall–Kier alpha value is -1.13. The highest BCUT2D eigenvalue weighted by atomic mass is 79.9. The summed E-state index contributed by atoms with van der Waals surface area (Å²) in [5.74, 6) is -1.27. The Kier molecular flexibility index (Phi) is 4.42. The summed E-state index contributed by atoms with van der Waals surface area (Å²) < 4.78 is 26.9. The van der Waals surface area contributed by atoms with Crippen LogP contribution in [0.2, 0.25) is 5.02 Å². The van der Waals surface area contributed by atoms with Crippen molar-refractivity contribution in [1.29, 1.82) is 0 Å². The standard InChI is InChI=1S/C14H11BrClF2N/c1-8-2-3-9(12(16)4-8)7-19-14-11(15)5-10(17)6-13(14)18/h2-6,19H,7H2,1H3. The summed E-state index contributed by atoms with van der Waals surface area (Å²) in [7, 11) is 0. The number of hydrogen-bond acceptors (Lipinski definition) is 1. The van der Waals surface area contributed by atoms with E-state index < -0.39 is 11.6 Å². The van der Waals surface area contributed by atoms with Crippen LogP contribution in [0.5, 0.6) is 0 Å². The molecule has 100 valence electrons. The predicted octanol–water partition coefficient (Wildman–Crippen LogP) is 5.30. The molecule has 2 rings (SSSR count). The van der Waals surface area contributed by atoms with Gasteiger partial charge in [0.15, 0.2) is 0 Å². The number of nitrogens with one attached hydrogen (secondary N) is 1. The van der Waals surface area contributed by atoms with Crippen molar-refractivity contribution in [2.24, 2.45) is 0 Å². The van der Waals surface area contributed by atoms with E-state index in [1.54, 1.807) is 0 Å². The summed E-state index contributed by atoms with van der Waals surface area (Å²) in [6.07, 6.45) is 0. The maximum atomic E-state index is 13.6. The zero-order chi connectivity index (χ0) is 14.0. The van der Waals surface area contributed by atoms with Crippen LogP contribution in [-0.4, -0.2) is 0 Å². The number of aryl methyl sites for hydroxylation is 1. The van der Waals surface area contributed by atoms with Crippen molar-refractivity contribution in [1.82, 2.24) is 0 Å². The molecule has 0 bridgehead atoms. The van der Waals surface area contributed by atoms with Gasteiger partial charge in [-0.25, -0.2) is 8.78 Å². The number of anilines is 1. The molecule has 5 heteroatoms. The van der Waals surface area contributed by atoms with Crippen LogP contribution in [0.15, 0.2) is 34.8 Å². The maximum absolute atomic E-state index is 13.6. The zero-order valence-electron chi connectivity index (χ0n) is 10.1. The Morgan fingerprint density at radius 2 is 1.95 bits per heavy atom. The summed E-state index contributed by atoms with van der Waals surface area (Å²) in [5.41, 5.74) is 2.13. The molecule has 2 aromatic rings. The number of rotatable bonds is 3. The Labute approximate surface area is 123 Å². The lowest BCUT2D eigenvalue weighted by molar-refractivity contribution is 0.583. The van der Waals surface area contributed by atoms with Gasteiger partial charge in [-0.1, -0.05) is 23.7 Å². The molecule has 0 aliphatic heterocycles. The number of halogens is 4. The van der Waals surface area contributed by atoms with Gasteiger partial charge in [-0.05, 0) is 46.1 Å². The summed E-state index contributed by atoms with van der Waals surface area (Å²) in [6.45, 7) is 2.31. The van der Waals surface area contributed by atoms with Crippen LogP contribution in [0.25, 0.3) is 0 Å². The van der Waals surface area contributed by atoms with E-state index in [-0.39, 0.29) is 5.69 Å². The van der Waals surface area contributed by atoms with E-state index in [0.29, 0.717) is 16.0 Å². The second-order valence-corrected chi connectivity index (χ2v) is 5.45. The fourth-order valence-electron chi connectivity index (χ4n) is 1.69. The van der Waals surface area contributed by atoms with Crippen LogP contribution in [-0.2, 0) is 6.54 Å². The van der Waals surface area contributed by atoms with Gasteiger partial charge in [-0.2, -0.15) is 0 Å². The highest BCUT2D eigenvalue weighted by molar-refractivity contribution is 9.10. The topological polar surface area (TPSA) is 12.0 Å². The van der Waals surface area contributed by atoms with E-state index in [0.717, 1.165) is 17.2 Å². The van der Waals surface area contributed by atoms with Crippen molar-refractivity contribution >= 4 is 33.2 Å². The molecule has 1 nitrogen and oxygen atoms in total. The van der Waals surface area contributed by atoms with Gasteiger partial charge >= 0.3 is 0 Å². The quantitative estimate of drug-likeness (QED) is 0.795. The molecule has 0 heterocycles. The second kappa shape index (κ2) is 5.88. The molecular formula is C14H11BrClF2N. The first-order chi connectivity index (χ1) is 8.97. The Morgan fingerprint density at radius 3 is 2.58 bits per heavy atom. The van der Waals surface area contributed by atoms with Crippen LogP contribution in [0.3, 0.4) is 0 Å². The lowest BCUT2D eigenvalue weighted by Gasteiger charge is -2.11. The largest absolute Gasteiger partial charge is 0.378 e. The third kappa shape index (κ3) is 3.45. The van der Waals surface area contributed by atoms with Crippen LogP contribution >= 0.6 is 27.5 Å². The highest BCUT2D eigenvalue weighted by Crippen LogP contribution is 2.28. The molecule has 1 N–H and O–H groups in total. The summed E-state index contributed by atoms with van der Waals surface area (Å²) in [4.78, 5) is 0. The van der Waals surface area contributed by atoms with Crippen molar-refractivity contribution in [3.05, 3.63) is 62.6 Å². The average Bonchev–Trinajstić information content (AvgIpc) is 2.30. The molecule has 0 radical (unpaired) electrons. The Bertz CT molecular complexity index is 593. The van der Waals surface area contributed by atoms with E-state index in [9.17, 15) is 8.78 Å². The van der Waals surface area contributed by atoms with E-state index in [2.05, 4.69) is 21.2 Å². The lowest BCUT2D eigenvalue weighted by atomic mass is 10.1. The van der Waals surface area contributed by atoms with Crippen LogP contribution in [0.4, 0.5) is 14.5 Å². The molecule has 0 aromatic heterocycles. The van der Waals surface area contributed by atoms with Gasteiger partial charge in [-0.15, -0.1) is 0 Å². The third-order valence-electron chi connectivity index (χ3n) is 2.67. The van der Waals surface area contributed by atoms with Crippen LogP contribution in [0.1, 0.15) is 11.1 Å². The summed E-state index contributed by atoms with van der Waals surface area (Å²) in [6, 6.07) is 7.69. The average molecular weight is 347 g/mol. The Morgan fingerprint density at radius 1 is 1.21 bits per heavy atom. The van der Waals surface area contributed by atoms with E-state index >= 15 is 0 Å². The third-order valence-corrected chi connectivity index (χ3v) is 3.65. The maximum Gasteiger partial charge on any atom is 0.150 e. The second-order valence-electron chi connectivity index (χ2n) is 4.19. The molecule has 0 aliphatic carbocycles. The molecule has 0 atom stereocenters. The summed E-state index contributed by atoms with van der Waals surface area (Å²) in [5, 5.41) is 3.53. The SMILES string of the molecule is Cc1ccc(CNc2c(F)cc(F)cc2Br)c(Cl)c1. The molecule has 0 saturated heterocycles. The minimum Gasteiger partial charge on any atom is -0.378 e. The van der Waals surface area contributed by atoms with Gasteiger partial charge in [0.25, 0.3) is 0 Å². The normalized spacial score (nSPS) is 10.6. The minimum atomic E-state index is -0.643. The van der Waals surface area contributed by atoms with Crippen molar-refractivity contribution in [3.8, 4) is 0 Å².